The van der Waals surface area contributed by atoms with Gasteiger partial charge >= 0.3 is 0 Å². The number of aliphatic hydroxyl groups excluding tert-OH is 1. The largest absolute Gasteiger partial charge is 0.459 e. The Kier molecular flexibility index (Phi) is 3.58. The monoisotopic (exact) mass is 205 g/mol. The topological polar surface area (TPSA) is 62.5 Å². The first kappa shape index (κ1) is 10.6. The lowest BCUT2D eigenvalue weighted by molar-refractivity contribution is -0.00283. The quantitative estimate of drug-likeness (QED) is 0.758. The molecule has 0 aliphatic carbocycles. The molecule has 0 radical (unpaired) electrons. The van der Waals surface area contributed by atoms with Crippen molar-refractivity contribution < 1.29 is 23.1 Å². The van der Waals surface area contributed by atoms with Crippen molar-refractivity contribution in [2.45, 2.75) is 12.5 Å². The van der Waals surface area contributed by atoms with Gasteiger partial charge in [-0.3, -0.25) is 4.79 Å². The molecular weight excluding hydrogens is 196 g/mol. The van der Waals surface area contributed by atoms with Crippen molar-refractivity contribution in [2.24, 2.45) is 0 Å². The van der Waals surface area contributed by atoms with E-state index in [-0.39, 0.29) is 5.76 Å². The number of carbonyl (C=O) groups excluding carboxylic acids is 1. The van der Waals surface area contributed by atoms with Gasteiger partial charge in [0.2, 0.25) is 0 Å². The number of hydrogen-bond donors (Lipinski definition) is 2. The molecule has 1 atom stereocenters. The van der Waals surface area contributed by atoms with E-state index in [2.05, 4.69) is 5.32 Å². The fraction of sp³-hybridized carbons (Fsp3) is 0.375. The summed E-state index contributed by atoms with van der Waals surface area (Å²) in [6.07, 6.45) is -3.43. The Balaban J connectivity index is 2.36. The van der Waals surface area contributed by atoms with Crippen LogP contribution in [0.5, 0.6) is 0 Å². The van der Waals surface area contributed by atoms with Crippen LogP contribution in [0, 0.1) is 0 Å². The lowest BCUT2D eigenvalue weighted by Gasteiger charge is -2.09. The predicted octanol–water partition coefficient (Wildman–Crippen LogP) is 0.635. The highest BCUT2D eigenvalue weighted by Crippen LogP contribution is 2.01. The molecule has 1 unspecified atom stereocenters. The van der Waals surface area contributed by atoms with Gasteiger partial charge in [-0.2, -0.15) is 0 Å². The molecule has 2 N–H and O–H groups in total. The molecule has 0 aliphatic heterocycles. The second-order valence-electron chi connectivity index (χ2n) is 2.59. The van der Waals surface area contributed by atoms with E-state index in [1.54, 1.807) is 0 Å². The summed E-state index contributed by atoms with van der Waals surface area (Å²) in [5, 5.41) is 10.8. The highest BCUT2D eigenvalue weighted by molar-refractivity contribution is 5.91. The lowest BCUT2D eigenvalue weighted by Crippen LogP contribution is -2.35. The molecule has 1 rings (SSSR count). The maximum atomic E-state index is 11.8. The molecule has 1 amide bonds. The molecule has 0 aromatic carbocycles. The number of alkyl halides is 2. The fourth-order valence-electron chi connectivity index (χ4n) is 0.781. The molecule has 78 valence electrons. The molecule has 6 heteroatoms. The van der Waals surface area contributed by atoms with Crippen molar-refractivity contribution in [1.29, 1.82) is 0 Å². The Morgan fingerprint density at radius 1 is 1.64 bits per heavy atom. The Morgan fingerprint density at radius 2 is 2.36 bits per heavy atom. The Bertz CT molecular complexity index is 287. The van der Waals surface area contributed by atoms with Crippen LogP contribution in [-0.4, -0.2) is 30.1 Å². The van der Waals surface area contributed by atoms with Gasteiger partial charge in [0.05, 0.1) is 6.26 Å². The minimum atomic E-state index is -2.87. The Labute approximate surface area is 78.5 Å². The number of aliphatic hydroxyl groups is 1. The first-order chi connectivity index (χ1) is 6.61. The van der Waals surface area contributed by atoms with Crippen LogP contribution in [0.2, 0.25) is 0 Å². The van der Waals surface area contributed by atoms with Crippen LogP contribution in [0.15, 0.2) is 22.8 Å². The molecule has 1 aromatic heterocycles. The minimum absolute atomic E-state index is 0.0199. The molecule has 0 bridgehead atoms. The van der Waals surface area contributed by atoms with Crippen molar-refractivity contribution in [3.8, 4) is 0 Å². The third-order valence-corrected chi connectivity index (χ3v) is 1.51. The summed E-state index contributed by atoms with van der Waals surface area (Å²) in [6.45, 7) is -0.503. The molecule has 4 nitrogen and oxygen atoms in total. The van der Waals surface area contributed by atoms with Crippen LogP contribution in [-0.2, 0) is 0 Å². The second-order valence-corrected chi connectivity index (χ2v) is 2.59. The van der Waals surface area contributed by atoms with Gasteiger partial charge in [0.15, 0.2) is 5.76 Å². The van der Waals surface area contributed by atoms with Gasteiger partial charge in [-0.05, 0) is 12.1 Å². The fourth-order valence-corrected chi connectivity index (χ4v) is 0.781. The summed E-state index contributed by atoms with van der Waals surface area (Å²) in [5.74, 6) is -0.610. The van der Waals surface area contributed by atoms with Crippen molar-refractivity contribution >= 4 is 5.91 Å². The second kappa shape index (κ2) is 4.71. The summed E-state index contributed by atoms with van der Waals surface area (Å²) >= 11 is 0. The maximum absolute atomic E-state index is 11.8. The van der Waals surface area contributed by atoms with Gasteiger partial charge in [-0.15, -0.1) is 0 Å². The smallest absolute Gasteiger partial charge is 0.287 e. The number of carbonyl (C=O) groups is 1. The highest BCUT2D eigenvalue weighted by atomic mass is 19.3. The molecular formula is C8H9F2NO3. The van der Waals surface area contributed by atoms with E-state index in [1.165, 1.54) is 18.4 Å². The lowest BCUT2D eigenvalue weighted by atomic mass is 10.3. The zero-order valence-corrected chi connectivity index (χ0v) is 7.11. The zero-order chi connectivity index (χ0) is 10.6. The van der Waals surface area contributed by atoms with Gasteiger partial charge in [-0.1, -0.05) is 0 Å². The van der Waals surface area contributed by atoms with Crippen LogP contribution >= 0.6 is 0 Å². The third kappa shape index (κ3) is 2.81. The van der Waals surface area contributed by atoms with Crippen LogP contribution < -0.4 is 5.32 Å². The average molecular weight is 205 g/mol. The number of furan rings is 1. The number of hydrogen-bond acceptors (Lipinski definition) is 3. The molecule has 14 heavy (non-hydrogen) atoms. The van der Waals surface area contributed by atoms with E-state index in [0.717, 1.165) is 0 Å². The normalized spacial score (nSPS) is 12.9. The maximum Gasteiger partial charge on any atom is 0.287 e. The van der Waals surface area contributed by atoms with E-state index in [0.29, 0.717) is 0 Å². The molecule has 0 saturated carbocycles. The number of amides is 1. The number of rotatable bonds is 4. The van der Waals surface area contributed by atoms with Gasteiger partial charge < -0.3 is 14.8 Å². The van der Waals surface area contributed by atoms with Gasteiger partial charge in [0, 0.05) is 6.54 Å². The summed E-state index contributed by atoms with van der Waals surface area (Å²) in [7, 11) is 0. The first-order valence-corrected chi connectivity index (χ1v) is 3.89. The molecule has 0 fully saturated rings. The standard InChI is InChI=1S/C8H9F2NO3/c9-7(10)5(12)4-11-8(13)6-2-1-3-14-6/h1-3,5,7,12H,4H2,(H,11,13). The van der Waals surface area contributed by atoms with Crippen molar-refractivity contribution in [1.82, 2.24) is 5.32 Å². The summed E-state index contributed by atoms with van der Waals surface area (Å²) in [5.41, 5.74) is 0. The van der Waals surface area contributed by atoms with Crippen LogP contribution in [0.25, 0.3) is 0 Å². The Morgan fingerprint density at radius 3 is 2.86 bits per heavy atom. The highest BCUT2D eigenvalue weighted by Gasteiger charge is 2.18. The molecule has 1 aromatic rings. The summed E-state index contributed by atoms with van der Waals surface area (Å²) in [4.78, 5) is 11.1. The van der Waals surface area contributed by atoms with Crippen molar-refractivity contribution in [3.05, 3.63) is 24.2 Å². The minimum Gasteiger partial charge on any atom is -0.459 e. The zero-order valence-electron chi connectivity index (χ0n) is 7.11. The van der Waals surface area contributed by atoms with E-state index in [9.17, 15) is 13.6 Å². The van der Waals surface area contributed by atoms with Gasteiger partial charge in [0.25, 0.3) is 12.3 Å². The van der Waals surface area contributed by atoms with Crippen LogP contribution in [0.3, 0.4) is 0 Å². The molecule has 1 heterocycles. The number of halogens is 2. The molecule has 0 spiro atoms. The average Bonchev–Trinajstić information content (AvgIpc) is 2.66. The van der Waals surface area contributed by atoms with E-state index in [4.69, 9.17) is 9.52 Å². The number of nitrogens with one attached hydrogen (secondary N) is 1. The molecule has 0 saturated heterocycles. The summed E-state index contributed by atoms with van der Waals surface area (Å²) < 4.78 is 28.3. The van der Waals surface area contributed by atoms with Gasteiger partial charge in [0.1, 0.15) is 6.10 Å². The first-order valence-electron chi connectivity index (χ1n) is 3.89. The summed E-state index contributed by atoms with van der Waals surface area (Å²) in [6, 6.07) is 2.89. The molecule has 0 aliphatic rings. The van der Waals surface area contributed by atoms with E-state index >= 15 is 0 Å². The third-order valence-electron chi connectivity index (χ3n) is 1.51. The van der Waals surface area contributed by atoms with E-state index < -0.39 is 25.0 Å². The predicted molar refractivity (Wildman–Crippen MR) is 43.1 cm³/mol. The SMILES string of the molecule is O=C(NCC(O)C(F)F)c1ccco1. The Hall–Kier alpha value is -1.43. The van der Waals surface area contributed by atoms with Crippen molar-refractivity contribution in [3.63, 3.8) is 0 Å². The van der Waals surface area contributed by atoms with Gasteiger partial charge in [-0.25, -0.2) is 8.78 Å². The van der Waals surface area contributed by atoms with Crippen LogP contribution in [0.1, 0.15) is 10.6 Å². The van der Waals surface area contributed by atoms with Crippen LogP contribution in [0.4, 0.5) is 8.78 Å². The van der Waals surface area contributed by atoms with E-state index in [1.807, 2.05) is 0 Å². The van der Waals surface area contributed by atoms with Crippen molar-refractivity contribution in [2.75, 3.05) is 6.54 Å².